The Balaban J connectivity index is 1.27. The van der Waals surface area contributed by atoms with Crippen molar-refractivity contribution in [2.24, 2.45) is 17.8 Å². The summed E-state index contributed by atoms with van der Waals surface area (Å²) in [5, 5.41) is 0. The number of hydrogen-bond donors (Lipinski definition) is 0. The van der Waals surface area contributed by atoms with E-state index in [9.17, 15) is 9.59 Å². The Morgan fingerprint density at radius 2 is 1.93 bits per heavy atom. The first-order chi connectivity index (χ1) is 20.7. The average Bonchev–Trinajstić information content (AvgIpc) is 3.72. The fourth-order valence-electron chi connectivity index (χ4n) is 8.81. The summed E-state index contributed by atoms with van der Waals surface area (Å²) in [7, 11) is 0. The highest BCUT2D eigenvalue weighted by atomic mass is 16.5. The Bertz CT molecular complexity index is 1530. The Morgan fingerprint density at radius 3 is 2.65 bits per heavy atom. The molecule has 0 radical (unpaired) electrons. The third-order valence-electron chi connectivity index (χ3n) is 10.9. The van der Waals surface area contributed by atoms with Crippen LogP contribution in [0.15, 0.2) is 30.3 Å². The van der Waals surface area contributed by atoms with Gasteiger partial charge in [0.05, 0.1) is 6.04 Å². The molecule has 5 aliphatic rings. The predicted molar refractivity (Wildman–Crippen MR) is 166 cm³/mol. The van der Waals surface area contributed by atoms with E-state index in [4.69, 9.17) is 9.47 Å². The van der Waals surface area contributed by atoms with Crippen LogP contribution in [-0.4, -0.2) is 59.5 Å². The molecule has 43 heavy (non-hydrogen) atoms. The van der Waals surface area contributed by atoms with Crippen molar-refractivity contribution >= 4 is 11.9 Å². The molecule has 0 unspecified atom stereocenters. The highest BCUT2D eigenvalue weighted by Crippen LogP contribution is 2.64. The van der Waals surface area contributed by atoms with Gasteiger partial charge in [-0.05, 0) is 112 Å². The molecule has 2 bridgehead atoms. The summed E-state index contributed by atoms with van der Waals surface area (Å²) in [6, 6.07) is 10.4. The first-order valence-corrected chi connectivity index (χ1v) is 16.3. The number of piperidine rings is 1. The molecular formula is C37H44N2O4. The van der Waals surface area contributed by atoms with Crippen molar-refractivity contribution in [1.82, 2.24) is 9.80 Å². The number of nitrogens with zero attached hydrogens (tertiary/aromatic N) is 2. The Labute approximate surface area is 256 Å². The molecule has 1 spiro atoms. The molecule has 1 saturated heterocycles. The van der Waals surface area contributed by atoms with Crippen LogP contribution in [0.3, 0.4) is 0 Å². The molecule has 0 aromatic heterocycles. The number of ether oxygens (including phenoxy) is 2. The molecule has 2 heterocycles. The smallest absolute Gasteiger partial charge is 0.308 e. The van der Waals surface area contributed by atoms with Gasteiger partial charge in [-0.25, -0.2) is 0 Å². The van der Waals surface area contributed by atoms with Crippen molar-refractivity contribution in [2.45, 2.75) is 96.7 Å². The maximum absolute atomic E-state index is 14.0. The van der Waals surface area contributed by atoms with E-state index in [2.05, 4.69) is 56.6 Å². The first kappa shape index (κ1) is 28.5. The lowest BCUT2D eigenvalue weighted by molar-refractivity contribution is -0.138. The first-order valence-electron chi connectivity index (χ1n) is 16.3. The maximum Gasteiger partial charge on any atom is 0.308 e. The van der Waals surface area contributed by atoms with E-state index in [1.165, 1.54) is 36.5 Å². The van der Waals surface area contributed by atoms with Gasteiger partial charge in [0.25, 0.3) is 5.91 Å². The quantitative estimate of drug-likeness (QED) is 0.254. The van der Waals surface area contributed by atoms with Crippen molar-refractivity contribution in [2.75, 3.05) is 19.6 Å². The van der Waals surface area contributed by atoms with Gasteiger partial charge in [-0.3, -0.25) is 14.5 Å². The number of hydrogen-bond acceptors (Lipinski definition) is 5. The summed E-state index contributed by atoms with van der Waals surface area (Å²) < 4.78 is 12.8. The van der Waals surface area contributed by atoms with Gasteiger partial charge >= 0.3 is 5.97 Å². The Kier molecular flexibility index (Phi) is 7.08. The number of amides is 1. The lowest BCUT2D eigenvalue weighted by Gasteiger charge is -2.60. The van der Waals surface area contributed by atoms with Crippen molar-refractivity contribution in [1.29, 1.82) is 0 Å². The largest absolute Gasteiger partial charge is 0.487 e. The third-order valence-corrected chi connectivity index (χ3v) is 10.9. The molecule has 6 nitrogen and oxygen atoms in total. The summed E-state index contributed by atoms with van der Waals surface area (Å²) in [4.78, 5) is 30.9. The van der Waals surface area contributed by atoms with E-state index in [1.54, 1.807) is 0 Å². The van der Waals surface area contributed by atoms with Gasteiger partial charge in [0.15, 0.2) is 0 Å². The summed E-state index contributed by atoms with van der Waals surface area (Å²) in [6.07, 6.45) is 6.40. The molecule has 6 heteroatoms. The summed E-state index contributed by atoms with van der Waals surface area (Å²) in [5.41, 5.74) is 5.48. The van der Waals surface area contributed by atoms with E-state index < -0.39 is 0 Å². The number of aryl methyl sites for hydroxylation is 2. The second-order valence-electron chi connectivity index (χ2n) is 14.2. The number of benzene rings is 2. The lowest BCUT2D eigenvalue weighted by atomic mass is 9.50. The number of esters is 1. The predicted octanol–water partition coefficient (Wildman–Crippen LogP) is 5.58. The van der Waals surface area contributed by atoms with E-state index in [1.807, 2.05) is 23.1 Å². The molecule has 2 aliphatic heterocycles. The second-order valence-corrected chi connectivity index (χ2v) is 14.2. The fourth-order valence-corrected chi connectivity index (χ4v) is 8.81. The van der Waals surface area contributed by atoms with Crippen LogP contribution in [0.5, 0.6) is 11.5 Å². The van der Waals surface area contributed by atoms with Crippen molar-refractivity contribution in [3.63, 3.8) is 0 Å². The van der Waals surface area contributed by atoms with Crippen LogP contribution >= 0.6 is 0 Å². The monoisotopic (exact) mass is 580 g/mol. The van der Waals surface area contributed by atoms with Crippen LogP contribution in [0.4, 0.5) is 0 Å². The molecule has 3 aliphatic carbocycles. The Morgan fingerprint density at radius 1 is 1.12 bits per heavy atom. The second kappa shape index (κ2) is 10.7. The van der Waals surface area contributed by atoms with Gasteiger partial charge in [-0.15, -0.1) is 0 Å². The van der Waals surface area contributed by atoms with E-state index >= 15 is 0 Å². The van der Waals surface area contributed by atoms with Gasteiger partial charge in [0.1, 0.15) is 17.6 Å². The van der Waals surface area contributed by atoms with Crippen LogP contribution in [0.2, 0.25) is 0 Å². The van der Waals surface area contributed by atoms with Gasteiger partial charge in [0, 0.05) is 54.1 Å². The van der Waals surface area contributed by atoms with Crippen LogP contribution in [-0.2, 0) is 21.4 Å². The summed E-state index contributed by atoms with van der Waals surface area (Å²) >= 11 is 0. The molecule has 226 valence electrons. The highest BCUT2D eigenvalue weighted by molar-refractivity contribution is 5.94. The number of rotatable bonds is 6. The van der Waals surface area contributed by atoms with Gasteiger partial charge < -0.3 is 14.4 Å². The van der Waals surface area contributed by atoms with Gasteiger partial charge in [-0.1, -0.05) is 25.8 Å². The molecular weight excluding hydrogens is 536 g/mol. The molecule has 2 aromatic carbocycles. The number of carbonyl (C=O) groups excluding carboxylic acids is 2. The van der Waals surface area contributed by atoms with Crippen molar-refractivity contribution in [3.8, 4) is 23.3 Å². The zero-order valence-corrected chi connectivity index (χ0v) is 26.2. The lowest BCUT2D eigenvalue weighted by Crippen LogP contribution is -2.69. The molecule has 7 rings (SSSR count). The topological polar surface area (TPSA) is 59.1 Å². The van der Waals surface area contributed by atoms with Crippen LogP contribution in [0.1, 0.15) is 80.7 Å². The van der Waals surface area contributed by atoms with Crippen LogP contribution in [0.25, 0.3) is 0 Å². The molecule has 0 N–H and O–H groups in total. The van der Waals surface area contributed by atoms with E-state index in [0.29, 0.717) is 30.2 Å². The molecule has 2 saturated carbocycles. The zero-order valence-electron chi connectivity index (χ0n) is 26.2. The minimum absolute atomic E-state index is 0.0636. The van der Waals surface area contributed by atoms with Crippen LogP contribution in [0, 0.1) is 43.4 Å². The third kappa shape index (κ3) is 4.85. The van der Waals surface area contributed by atoms with Crippen LogP contribution < -0.4 is 9.47 Å². The summed E-state index contributed by atoms with van der Waals surface area (Å²) in [6.45, 7) is 12.8. The molecule has 5 atom stereocenters. The molecule has 2 aromatic rings. The Hall–Kier alpha value is -3.30. The van der Waals surface area contributed by atoms with Gasteiger partial charge in [-0.2, -0.15) is 0 Å². The standard InChI is InChI=1S/C37H44N2O4/c1-22(2)20-39(34(41)15-10-26-7-6-23(3)24(4)18-26)30-12-11-29-31-19-28-32(42-25(5)40)13-14-33-35(28)37(29,36(30)43-33)16-17-38(31)21-27-8-9-27/h6-7,13-14,18,22,27,29-31,36H,8-9,11-12,16-17,19-21H2,1-5H3/t29-,30+,31+,36-,37-/m0/s1. The van der Waals surface area contributed by atoms with Crippen molar-refractivity contribution < 1.29 is 19.1 Å². The van der Waals surface area contributed by atoms with E-state index in [0.717, 1.165) is 61.6 Å². The SMILES string of the molecule is CC(=O)Oc1ccc2c3c1C[C@@H]1[C@@H]4CC[C@@H](N(CC(C)C)C(=O)C#Cc5ccc(C)c(C)c5)[C@H](O2)[C@]34CCN1CC1CC1. The average molecular weight is 581 g/mol. The number of likely N-dealkylation sites (tertiary alicyclic amines) is 1. The molecule has 3 fully saturated rings. The van der Waals surface area contributed by atoms with Gasteiger partial charge in [0.2, 0.25) is 0 Å². The van der Waals surface area contributed by atoms with Crippen molar-refractivity contribution in [3.05, 3.63) is 58.1 Å². The zero-order chi connectivity index (χ0) is 30.0. The normalized spacial score (nSPS) is 28.4. The maximum atomic E-state index is 14.0. The fraction of sp³-hybridized carbons (Fsp3) is 0.568. The minimum atomic E-state index is -0.288. The van der Waals surface area contributed by atoms with E-state index in [-0.39, 0.29) is 29.4 Å². The summed E-state index contributed by atoms with van der Waals surface area (Å²) in [5.74, 6) is 8.96. The molecule has 1 amide bonds. The number of carbonyl (C=O) groups is 2. The highest BCUT2D eigenvalue weighted by Gasteiger charge is 2.66. The minimum Gasteiger partial charge on any atom is -0.487 e.